The Morgan fingerprint density at radius 3 is 3.03 bits per heavy atom. The molecular weight excluding hydrogens is 383 g/mol. The number of benzene rings is 2. The molecule has 0 unspecified atom stereocenters. The van der Waals surface area contributed by atoms with E-state index in [0.717, 1.165) is 0 Å². The minimum Gasteiger partial charge on any atom is -0.496 e. The first-order valence-corrected chi connectivity index (χ1v) is 8.83. The summed E-state index contributed by atoms with van der Waals surface area (Å²) in [5.74, 6) is -0.236. The van der Waals surface area contributed by atoms with Gasteiger partial charge in [0.05, 0.1) is 29.9 Å². The number of amides is 1. The van der Waals surface area contributed by atoms with E-state index in [-0.39, 0.29) is 36.0 Å². The van der Waals surface area contributed by atoms with Crippen LogP contribution in [0.25, 0.3) is 11.0 Å². The van der Waals surface area contributed by atoms with Gasteiger partial charge in [0.15, 0.2) is 11.6 Å². The van der Waals surface area contributed by atoms with Gasteiger partial charge in [0.2, 0.25) is 5.91 Å². The molecule has 1 amide bonds. The summed E-state index contributed by atoms with van der Waals surface area (Å²) in [5, 5.41) is 14.1. The number of nitro groups is 1. The van der Waals surface area contributed by atoms with Gasteiger partial charge in [-0.25, -0.2) is 9.37 Å². The van der Waals surface area contributed by atoms with E-state index in [1.165, 1.54) is 36.2 Å². The molecule has 3 aromatic rings. The summed E-state index contributed by atoms with van der Waals surface area (Å²) in [6.07, 6.45) is 1.73. The zero-order valence-electron chi connectivity index (χ0n) is 15.4. The minimum atomic E-state index is -0.509. The van der Waals surface area contributed by atoms with Crippen LogP contribution >= 0.6 is 0 Å². The molecule has 2 aromatic carbocycles. The van der Waals surface area contributed by atoms with Crippen LogP contribution in [0.4, 0.5) is 10.1 Å². The van der Waals surface area contributed by atoms with Crippen LogP contribution in [0.5, 0.6) is 11.5 Å². The number of nitrogens with zero attached hydrogens (tertiary/aromatic N) is 3. The van der Waals surface area contributed by atoms with Gasteiger partial charge in [0.1, 0.15) is 24.4 Å². The second-order valence-electron chi connectivity index (χ2n) is 6.61. The maximum absolute atomic E-state index is 13.9. The highest BCUT2D eigenvalue weighted by atomic mass is 19.1. The van der Waals surface area contributed by atoms with Gasteiger partial charge in [0.25, 0.3) is 5.69 Å². The van der Waals surface area contributed by atoms with Crippen molar-refractivity contribution in [3.8, 4) is 11.5 Å². The number of aromatic nitrogens is 2. The Labute approximate surface area is 164 Å². The molecule has 0 aliphatic carbocycles. The number of carbonyl (C=O) groups is 1. The Bertz CT molecular complexity index is 1110. The molecule has 1 aliphatic rings. The number of para-hydroxylation sites is 1. The molecule has 1 aliphatic heterocycles. The molecule has 9 nitrogen and oxygen atoms in total. The monoisotopic (exact) mass is 400 g/mol. The number of non-ortho nitro benzene ring substituents is 1. The Morgan fingerprint density at radius 1 is 1.45 bits per heavy atom. The number of halogens is 1. The Hall–Kier alpha value is -3.69. The molecule has 0 bridgehead atoms. The molecule has 2 heterocycles. The van der Waals surface area contributed by atoms with Gasteiger partial charge in [0, 0.05) is 18.1 Å². The molecule has 0 saturated heterocycles. The molecule has 0 saturated carbocycles. The summed E-state index contributed by atoms with van der Waals surface area (Å²) < 4.78 is 26.1. The number of ether oxygens (including phenoxy) is 2. The number of fused-ring (bicyclic) bond motifs is 2. The summed E-state index contributed by atoms with van der Waals surface area (Å²) in [6, 6.07) is 6.94. The van der Waals surface area contributed by atoms with Gasteiger partial charge < -0.3 is 19.4 Å². The first kappa shape index (κ1) is 18.7. The van der Waals surface area contributed by atoms with Gasteiger partial charge in [-0.05, 0) is 18.2 Å². The van der Waals surface area contributed by atoms with Crippen molar-refractivity contribution in [2.45, 2.75) is 19.0 Å². The van der Waals surface area contributed by atoms with Crippen molar-refractivity contribution in [1.29, 1.82) is 0 Å². The van der Waals surface area contributed by atoms with Crippen molar-refractivity contribution < 1.29 is 23.6 Å². The third-order valence-corrected chi connectivity index (χ3v) is 4.76. The van der Waals surface area contributed by atoms with Crippen LogP contribution in [0.2, 0.25) is 0 Å². The van der Waals surface area contributed by atoms with E-state index < -0.39 is 16.8 Å². The van der Waals surface area contributed by atoms with Crippen molar-refractivity contribution in [2.75, 3.05) is 13.7 Å². The predicted octanol–water partition coefficient (Wildman–Crippen LogP) is 2.21. The van der Waals surface area contributed by atoms with Crippen molar-refractivity contribution in [3.63, 3.8) is 0 Å². The molecule has 0 spiro atoms. The molecule has 150 valence electrons. The summed E-state index contributed by atoms with van der Waals surface area (Å²) in [4.78, 5) is 27.4. The second kappa shape index (κ2) is 7.38. The number of carbonyl (C=O) groups excluding carboxylic acids is 1. The molecule has 1 N–H and O–H groups in total. The normalized spacial score (nSPS) is 15.4. The van der Waals surface area contributed by atoms with E-state index in [0.29, 0.717) is 23.3 Å². The van der Waals surface area contributed by atoms with Crippen LogP contribution in [-0.2, 0) is 17.8 Å². The fourth-order valence-corrected chi connectivity index (χ4v) is 3.51. The van der Waals surface area contributed by atoms with Crippen LogP contribution < -0.4 is 14.8 Å². The Balaban J connectivity index is 1.51. The van der Waals surface area contributed by atoms with E-state index in [9.17, 15) is 19.3 Å². The molecule has 10 heteroatoms. The maximum Gasteiger partial charge on any atom is 0.295 e. The Kier molecular flexibility index (Phi) is 4.75. The van der Waals surface area contributed by atoms with Crippen LogP contribution in [0.15, 0.2) is 36.7 Å². The lowest BCUT2D eigenvalue weighted by atomic mass is 10.0. The van der Waals surface area contributed by atoms with Gasteiger partial charge >= 0.3 is 0 Å². The fraction of sp³-hybridized carbons (Fsp3) is 0.263. The first-order valence-electron chi connectivity index (χ1n) is 8.83. The number of nitrogens with one attached hydrogen (secondary N) is 1. The highest BCUT2D eigenvalue weighted by Crippen LogP contribution is 2.35. The summed E-state index contributed by atoms with van der Waals surface area (Å²) in [6.45, 7) is -0.0430. The van der Waals surface area contributed by atoms with Crippen LogP contribution in [0.1, 0.15) is 5.56 Å². The maximum atomic E-state index is 13.9. The fourth-order valence-electron chi connectivity index (χ4n) is 3.51. The van der Waals surface area contributed by atoms with Crippen LogP contribution in [-0.4, -0.2) is 40.1 Å². The van der Waals surface area contributed by atoms with Crippen molar-refractivity contribution in [3.05, 3.63) is 58.2 Å². The largest absolute Gasteiger partial charge is 0.496 e. The average molecular weight is 400 g/mol. The average Bonchev–Trinajstić information content (AvgIpc) is 3.11. The predicted molar refractivity (Wildman–Crippen MR) is 100 cm³/mol. The third kappa shape index (κ3) is 3.44. The number of rotatable bonds is 5. The van der Waals surface area contributed by atoms with E-state index in [1.54, 1.807) is 12.1 Å². The van der Waals surface area contributed by atoms with E-state index in [4.69, 9.17) is 9.47 Å². The van der Waals surface area contributed by atoms with Crippen molar-refractivity contribution in [1.82, 2.24) is 14.9 Å². The van der Waals surface area contributed by atoms with Crippen molar-refractivity contribution in [2.24, 2.45) is 0 Å². The lowest BCUT2D eigenvalue weighted by Crippen LogP contribution is -2.44. The number of methoxy groups -OCH3 is 1. The molecule has 4 rings (SSSR count). The van der Waals surface area contributed by atoms with Crippen molar-refractivity contribution >= 4 is 22.6 Å². The standard InChI is InChI=1S/C19H17FN4O5/c1-28-16-6-5-13(20)19-12(16)7-11(9-29-19)22-17(25)8-23-10-21-14-3-2-4-15(18(14)23)24(26)27/h2-6,10-11H,7-9H2,1H3,(H,22,25)/t11-/m1/s1. The number of nitro benzene ring substituents is 1. The first-order chi connectivity index (χ1) is 14.0. The highest BCUT2D eigenvalue weighted by Gasteiger charge is 2.27. The third-order valence-electron chi connectivity index (χ3n) is 4.76. The smallest absolute Gasteiger partial charge is 0.295 e. The van der Waals surface area contributed by atoms with Crippen LogP contribution in [0, 0.1) is 15.9 Å². The molecule has 0 radical (unpaired) electrons. The Morgan fingerprint density at radius 2 is 2.28 bits per heavy atom. The van der Waals surface area contributed by atoms with E-state index in [2.05, 4.69) is 10.3 Å². The topological polar surface area (TPSA) is 109 Å². The molecule has 1 atom stereocenters. The molecule has 29 heavy (non-hydrogen) atoms. The number of hydrogen-bond donors (Lipinski definition) is 1. The zero-order chi connectivity index (χ0) is 20.5. The number of hydrogen-bond acceptors (Lipinski definition) is 6. The highest BCUT2D eigenvalue weighted by molar-refractivity contribution is 5.87. The summed E-state index contributed by atoms with van der Waals surface area (Å²) in [5.41, 5.74) is 1.14. The van der Waals surface area contributed by atoms with Gasteiger partial charge in [-0.3, -0.25) is 14.9 Å². The SMILES string of the molecule is COc1ccc(F)c2c1C[C@@H](NC(=O)Cn1cnc3cccc([N+](=O)[O-])c31)CO2. The van der Waals surface area contributed by atoms with Gasteiger partial charge in [-0.2, -0.15) is 0 Å². The lowest BCUT2D eigenvalue weighted by molar-refractivity contribution is -0.383. The number of imidazole rings is 1. The van der Waals surface area contributed by atoms with E-state index in [1.807, 2.05) is 0 Å². The van der Waals surface area contributed by atoms with Gasteiger partial charge in [-0.15, -0.1) is 0 Å². The molecule has 0 fully saturated rings. The minimum absolute atomic E-state index is 0.105. The zero-order valence-corrected chi connectivity index (χ0v) is 15.4. The van der Waals surface area contributed by atoms with E-state index >= 15 is 0 Å². The summed E-state index contributed by atoms with van der Waals surface area (Å²) in [7, 11) is 1.48. The second-order valence-corrected chi connectivity index (χ2v) is 6.61. The van der Waals surface area contributed by atoms with Crippen LogP contribution in [0.3, 0.4) is 0 Å². The quantitative estimate of drug-likeness (QED) is 0.520. The van der Waals surface area contributed by atoms with Gasteiger partial charge in [-0.1, -0.05) is 6.07 Å². The molecular formula is C19H17FN4O5. The lowest BCUT2D eigenvalue weighted by Gasteiger charge is -2.27. The summed E-state index contributed by atoms with van der Waals surface area (Å²) >= 11 is 0. The molecule has 1 aromatic heterocycles.